The van der Waals surface area contributed by atoms with Crippen LogP contribution in [0.3, 0.4) is 0 Å². The molecule has 1 amide bonds. The van der Waals surface area contributed by atoms with Crippen LogP contribution in [0.15, 0.2) is 24.3 Å². The zero-order chi connectivity index (χ0) is 15.2. The Labute approximate surface area is 135 Å². The molecule has 0 saturated carbocycles. The lowest BCUT2D eigenvalue weighted by Gasteiger charge is -2.14. The average Bonchev–Trinajstić information content (AvgIpc) is 3.18. The molecular weight excluding hydrogens is 294 g/mol. The highest BCUT2D eigenvalue weighted by molar-refractivity contribution is 7.18. The Hall–Kier alpha value is -1.46. The van der Waals surface area contributed by atoms with E-state index in [1.165, 1.54) is 30.6 Å². The summed E-state index contributed by atoms with van der Waals surface area (Å²) in [5.41, 5.74) is 1.04. The Bertz CT molecular complexity index is 586. The third kappa shape index (κ3) is 4.27. The third-order valence-electron chi connectivity index (χ3n) is 4.08. The fourth-order valence-electron chi connectivity index (χ4n) is 2.87. The number of thiazole rings is 1. The molecule has 1 saturated heterocycles. The fraction of sp³-hybridized carbons (Fsp3) is 0.529. The van der Waals surface area contributed by atoms with Crippen molar-refractivity contribution in [3.8, 4) is 0 Å². The van der Waals surface area contributed by atoms with Crippen LogP contribution in [0.5, 0.6) is 0 Å². The molecule has 0 atom stereocenters. The van der Waals surface area contributed by atoms with Gasteiger partial charge < -0.3 is 10.2 Å². The van der Waals surface area contributed by atoms with E-state index < -0.39 is 0 Å². The van der Waals surface area contributed by atoms with Crippen molar-refractivity contribution in [2.45, 2.75) is 32.1 Å². The van der Waals surface area contributed by atoms with Crippen LogP contribution in [0, 0.1) is 0 Å². The number of hydrogen-bond donors (Lipinski definition) is 1. The quantitative estimate of drug-likeness (QED) is 0.799. The summed E-state index contributed by atoms with van der Waals surface area (Å²) in [4.78, 5) is 18.9. The van der Waals surface area contributed by atoms with Gasteiger partial charge in [-0.15, -0.1) is 11.3 Å². The standard InChI is InChI=1S/C17H23N3OS/c21-16(18-10-5-13-20-11-3-4-12-20)8-9-17-19-14-6-1-2-7-15(14)22-17/h1-2,6-7H,3-5,8-13H2,(H,18,21). The Morgan fingerprint density at radius 1 is 1.27 bits per heavy atom. The van der Waals surface area contributed by atoms with E-state index in [4.69, 9.17) is 0 Å². The van der Waals surface area contributed by atoms with Crippen molar-refractivity contribution in [2.24, 2.45) is 0 Å². The van der Waals surface area contributed by atoms with Crippen LogP contribution in [0.2, 0.25) is 0 Å². The van der Waals surface area contributed by atoms with E-state index in [0.29, 0.717) is 6.42 Å². The maximum Gasteiger partial charge on any atom is 0.220 e. The first-order valence-corrected chi connectivity index (χ1v) is 8.96. The second kappa shape index (κ2) is 7.70. The maximum atomic E-state index is 11.9. The minimum Gasteiger partial charge on any atom is -0.356 e. The number of para-hydroxylation sites is 1. The van der Waals surface area contributed by atoms with Gasteiger partial charge in [0.15, 0.2) is 0 Å². The van der Waals surface area contributed by atoms with Gasteiger partial charge in [-0.3, -0.25) is 4.79 Å². The summed E-state index contributed by atoms with van der Waals surface area (Å²) >= 11 is 1.69. The van der Waals surface area contributed by atoms with Crippen molar-refractivity contribution >= 4 is 27.5 Å². The summed E-state index contributed by atoms with van der Waals surface area (Å²) in [6.07, 6.45) is 4.97. The molecule has 4 nitrogen and oxygen atoms in total. The number of aryl methyl sites for hydroxylation is 1. The molecule has 1 fully saturated rings. The Morgan fingerprint density at radius 2 is 2.09 bits per heavy atom. The molecule has 0 radical (unpaired) electrons. The van der Waals surface area contributed by atoms with Gasteiger partial charge in [0.05, 0.1) is 15.2 Å². The minimum absolute atomic E-state index is 0.140. The molecule has 3 rings (SSSR count). The average molecular weight is 317 g/mol. The fourth-order valence-corrected chi connectivity index (χ4v) is 3.84. The number of nitrogens with one attached hydrogen (secondary N) is 1. The van der Waals surface area contributed by atoms with Gasteiger partial charge in [-0.1, -0.05) is 12.1 Å². The number of carbonyl (C=O) groups is 1. The van der Waals surface area contributed by atoms with Crippen LogP contribution >= 0.6 is 11.3 Å². The zero-order valence-corrected chi connectivity index (χ0v) is 13.7. The van der Waals surface area contributed by atoms with E-state index in [2.05, 4.69) is 21.3 Å². The topological polar surface area (TPSA) is 45.2 Å². The summed E-state index contributed by atoms with van der Waals surface area (Å²) < 4.78 is 1.20. The summed E-state index contributed by atoms with van der Waals surface area (Å²) in [6, 6.07) is 8.12. The number of hydrogen-bond acceptors (Lipinski definition) is 4. The van der Waals surface area contributed by atoms with E-state index in [-0.39, 0.29) is 5.91 Å². The number of aromatic nitrogens is 1. The molecule has 5 heteroatoms. The summed E-state index contributed by atoms with van der Waals surface area (Å²) in [6.45, 7) is 4.35. The van der Waals surface area contributed by atoms with E-state index in [0.717, 1.165) is 36.5 Å². The number of nitrogens with zero attached hydrogens (tertiary/aromatic N) is 2. The second-order valence-corrected chi connectivity index (χ2v) is 6.94. The number of benzene rings is 1. The first-order chi connectivity index (χ1) is 10.8. The van der Waals surface area contributed by atoms with Gasteiger partial charge in [-0.2, -0.15) is 0 Å². The largest absolute Gasteiger partial charge is 0.356 e. The molecule has 0 spiro atoms. The highest BCUT2D eigenvalue weighted by Crippen LogP contribution is 2.22. The van der Waals surface area contributed by atoms with Crippen molar-refractivity contribution < 1.29 is 4.79 Å². The van der Waals surface area contributed by atoms with Crippen LogP contribution < -0.4 is 5.32 Å². The summed E-state index contributed by atoms with van der Waals surface area (Å²) in [5.74, 6) is 0.140. The van der Waals surface area contributed by atoms with Gasteiger partial charge in [-0.05, 0) is 51.0 Å². The molecule has 0 unspecified atom stereocenters. The van der Waals surface area contributed by atoms with Crippen LogP contribution in [-0.4, -0.2) is 42.0 Å². The summed E-state index contributed by atoms with van der Waals surface area (Å²) in [5, 5.41) is 4.07. The van der Waals surface area contributed by atoms with Gasteiger partial charge in [-0.25, -0.2) is 4.98 Å². The zero-order valence-electron chi connectivity index (χ0n) is 12.9. The second-order valence-electron chi connectivity index (χ2n) is 5.83. The van der Waals surface area contributed by atoms with E-state index in [1.807, 2.05) is 18.2 Å². The van der Waals surface area contributed by atoms with Crippen LogP contribution in [0.4, 0.5) is 0 Å². The highest BCUT2D eigenvalue weighted by atomic mass is 32.1. The van der Waals surface area contributed by atoms with Crippen molar-refractivity contribution in [1.29, 1.82) is 0 Å². The molecule has 2 aromatic rings. The van der Waals surface area contributed by atoms with Crippen molar-refractivity contribution in [1.82, 2.24) is 15.2 Å². The predicted molar refractivity (Wildman–Crippen MR) is 91.2 cm³/mol. The van der Waals surface area contributed by atoms with Gasteiger partial charge >= 0.3 is 0 Å². The number of likely N-dealkylation sites (tertiary alicyclic amines) is 1. The smallest absolute Gasteiger partial charge is 0.220 e. The molecule has 1 aliphatic heterocycles. The Morgan fingerprint density at radius 3 is 2.91 bits per heavy atom. The molecule has 22 heavy (non-hydrogen) atoms. The molecule has 1 N–H and O–H groups in total. The predicted octanol–water partition coefficient (Wildman–Crippen LogP) is 2.83. The van der Waals surface area contributed by atoms with Gasteiger partial charge in [0.1, 0.15) is 0 Å². The van der Waals surface area contributed by atoms with Crippen molar-refractivity contribution in [3.05, 3.63) is 29.3 Å². The van der Waals surface area contributed by atoms with Crippen LogP contribution in [0.25, 0.3) is 10.2 Å². The van der Waals surface area contributed by atoms with Crippen molar-refractivity contribution in [3.63, 3.8) is 0 Å². The molecule has 118 valence electrons. The maximum absolute atomic E-state index is 11.9. The first-order valence-electron chi connectivity index (χ1n) is 8.15. The van der Waals surface area contributed by atoms with E-state index >= 15 is 0 Å². The monoisotopic (exact) mass is 317 g/mol. The molecule has 1 aromatic carbocycles. The molecule has 1 aromatic heterocycles. The normalized spacial score (nSPS) is 15.5. The highest BCUT2D eigenvalue weighted by Gasteiger charge is 2.11. The lowest BCUT2D eigenvalue weighted by molar-refractivity contribution is -0.121. The van der Waals surface area contributed by atoms with Crippen LogP contribution in [0.1, 0.15) is 30.7 Å². The van der Waals surface area contributed by atoms with E-state index in [1.54, 1.807) is 11.3 Å². The van der Waals surface area contributed by atoms with Gasteiger partial charge in [0.2, 0.25) is 5.91 Å². The SMILES string of the molecule is O=C(CCc1nc2ccccc2s1)NCCCN1CCCC1. The van der Waals surface area contributed by atoms with Crippen molar-refractivity contribution in [2.75, 3.05) is 26.2 Å². The molecule has 2 heterocycles. The minimum atomic E-state index is 0.140. The number of fused-ring (bicyclic) bond motifs is 1. The molecule has 0 aliphatic carbocycles. The van der Waals surface area contributed by atoms with Crippen LogP contribution in [-0.2, 0) is 11.2 Å². The third-order valence-corrected chi connectivity index (χ3v) is 5.17. The van der Waals surface area contributed by atoms with Gasteiger partial charge in [0, 0.05) is 19.4 Å². The van der Waals surface area contributed by atoms with Gasteiger partial charge in [0.25, 0.3) is 0 Å². The number of carbonyl (C=O) groups excluding carboxylic acids is 1. The first kappa shape index (κ1) is 15.4. The lowest BCUT2D eigenvalue weighted by atomic mass is 10.3. The molecule has 0 bridgehead atoms. The van der Waals surface area contributed by atoms with E-state index in [9.17, 15) is 4.79 Å². The Kier molecular flexibility index (Phi) is 5.40. The lowest BCUT2D eigenvalue weighted by Crippen LogP contribution is -2.28. The molecule has 1 aliphatic rings. The summed E-state index contributed by atoms with van der Waals surface area (Å²) in [7, 11) is 0. The molecular formula is C17H23N3OS. The number of amides is 1. The number of rotatable bonds is 7. The Balaban J connectivity index is 1.35.